The minimum atomic E-state index is -3.62. The summed E-state index contributed by atoms with van der Waals surface area (Å²) < 4.78 is 28.7. The quantitative estimate of drug-likeness (QED) is 0.389. The zero-order valence-corrected chi connectivity index (χ0v) is 20.2. The predicted molar refractivity (Wildman–Crippen MR) is 135 cm³/mol. The number of hydrogen-bond donors (Lipinski definition) is 2. The van der Waals surface area contributed by atoms with Gasteiger partial charge in [-0.2, -0.15) is 0 Å². The summed E-state index contributed by atoms with van der Waals surface area (Å²) in [4.78, 5) is 0.282. The molecule has 0 saturated heterocycles. The van der Waals surface area contributed by atoms with Crippen LogP contribution in [0.2, 0.25) is 10.0 Å². The van der Waals surface area contributed by atoms with Crippen LogP contribution in [0.3, 0.4) is 0 Å². The molecule has 0 aromatic heterocycles. The Balaban J connectivity index is 1.41. The van der Waals surface area contributed by atoms with E-state index in [0.717, 1.165) is 28.8 Å². The van der Waals surface area contributed by atoms with E-state index in [1.807, 2.05) is 54.6 Å². The maximum atomic E-state index is 13.0. The van der Waals surface area contributed by atoms with Crippen molar-refractivity contribution < 1.29 is 8.42 Å². The molecule has 1 aliphatic carbocycles. The fourth-order valence-electron chi connectivity index (χ4n) is 4.89. The van der Waals surface area contributed by atoms with Crippen molar-refractivity contribution >= 4 is 38.9 Å². The van der Waals surface area contributed by atoms with Gasteiger partial charge in [0.15, 0.2) is 0 Å². The molecule has 0 saturated carbocycles. The summed E-state index contributed by atoms with van der Waals surface area (Å²) >= 11 is 13.1. The van der Waals surface area contributed by atoms with Crippen LogP contribution < -0.4 is 10.0 Å². The van der Waals surface area contributed by atoms with Crippen molar-refractivity contribution in [2.24, 2.45) is 5.92 Å². The summed E-state index contributed by atoms with van der Waals surface area (Å²) in [7, 11) is -3.62. The molecule has 3 aromatic carbocycles. The average molecular weight is 499 g/mol. The second-order valence-electron chi connectivity index (χ2n) is 8.49. The Kier molecular flexibility index (Phi) is 6.23. The SMILES string of the molecule is O=S(=O)(NCCc1ccccc1)c1ccc2c(c1)C1C=CCC1C(c1c(Cl)cccc1Cl)N2. The van der Waals surface area contributed by atoms with Crippen LogP contribution in [0, 0.1) is 5.92 Å². The summed E-state index contributed by atoms with van der Waals surface area (Å²) in [5, 5.41) is 4.86. The first kappa shape index (κ1) is 22.5. The van der Waals surface area contributed by atoms with Gasteiger partial charge in [-0.1, -0.05) is 71.8 Å². The Morgan fingerprint density at radius 3 is 2.48 bits per heavy atom. The van der Waals surface area contributed by atoms with Gasteiger partial charge < -0.3 is 5.32 Å². The van der Waals surface area contributed by atoms with Crippen LogP contribution in [0.1, 0.15) is 35.1 Å². The average Bonchev–Trinajstić information content (AvgIpc) is 3.30. The number of fused-ring (bicyclic) bond motifs is 3. The molecular weight excluding hydrogens is 475 g/mol. The molecule has 33 heavy (non-hydrogen) atoms. The number of allylic oxidation sites excluding steroid dienone is 2. The topological polar surface area (TPSA) is 58.2 Å². The van der Waals surface area contributed by atoms with Crippen LogP contribution >= 0.6 is 23.2 Å². The largest absolute Gasteiger partial charge is 0.378 e. The Labute approximate surface area is 204 Å². The first-order valence-electron chi connectivity index (χ1n) is 11.0. The minimum absolute atomic E-state index is 0.0508. The molecule has 3 atom stereocenters. The second kappa shape index (κ2) is 9.15. The van der Waals surface area contributed by atoms with Crippen LogP contribution in [0.5, 0.6) is 0 Å². The summed E-state index contributed by atoms with van der Waals surface area (Å²) in [6.07, 6.45) is 5.83. The van der Waals surface area contributed by atoms with Crippen LogP contribution in [0.15, 0.2) is 83.8 Å². The third-order valence-electron chi connectivity index (χ3n) is 6.50. The molecule has 7 heteroatoms. The van der Waals surface area contributed by atoms with E-state index in [4.69, 9.17) is 23.2 Å². The molecule has 3 aromatic rings. The Morgan fingerprint density at radius 1 is 0.970 bits per heavy atom. The molecule has 1 aliphatic heterocycles. The zero-order chi connectivity index (χ0) is 23.0. The number of benzene rings is 3. The Morgan fingerprint density at radius 2 is 1.73 bits per heavy atom. The lowest BCUT2D eigenvalue weighted by molar-refractivity contribution is 0.425. The van der Waals surface area contributed by atoms with E-state index < -0.39 is 10.0 Å². The molecule has 2 N–H and O–H groups in total. The number of hydrogen-bond acceptors (Lipinski definition) is 3. The van der Waals surface area contributed by atoms with Gasteiger partial charge in [-0.25, -0.2) is 13.1 Å². The molecule has 0 spiro atoms. The Hall–Kier alpha value is -2.31. The summed E-state index contributed by atoms with van der Waals surface area (Å²) in [6, 6.07) is 20.6. The fourth-order valence-corrected chi connectivity index (χ4v) is 6.59. The van der Waals surface area contributed by atoms with E-state index in [-0.39, 0.29) is 22.8 Å². The van der Waals surface area contributed by atoms with Crippen molar-refractivity contribution in [2.45, 2.75) is 29.7 Å². The highest BCUT2D eigenvalue weighted by Gasteiger charge is 2.39. The van der Waals surface area contributed by atoms with Crippen molar-refractivity contribution in [3.8, 4) is 0 Å². The smallest absolute Gasteiger partial charge is 0.240 e. The third-order valence-corrected chi connectivity index (χ3v) is 8.62. The van der Waals surface area contributed by atoms with Crippen molar-refractivity contribution in [3.63, 3.8) is 0 Å². The molecule has 3 unspecified atom stereocenters. The minimum Gasteiger partial charge on any atom is -0.378 e. The number of sulfonamides is 1. The van der Waals surface area contributed by atoms with Crippen molar-refractivity contribution in [2.75, 3.05) is 11.9 Å². The predicted octanol–water partition coefficient (Wildman–Crippen LogP) is 6.34. The summed E-state index contributed by atoms with van der Waals surface area (Å²) in [6.45, 7) is 0.348. The number of nitrogens with one attached hydrogen (secondary N) is 2. The third kappa shape index (κ3) is 4.43. The second-order valence-corrected chi connectivity index (χ2v) is 11.1. The number of anilines is 1. The van der Waals surface area contributed by atoms with Crippen molar-refractivity contribution in [3.05, 3.63) is 106 Å². The molecule has 2 aliphatic rings. The van der Waals surface area contributed by atoms with Crippen LogP contribution in [0.25, 0.3) is 0 Å². The van der Waals surface area contributed by atoms with E-state index in [9.17, 15) is 8.42 Å². The van der Waals surface area contributed by atoms with Gasteiger partial charge in [0.25, 0.3) is 0 Å². The first-order valence-corrected chi connectivity index (χ1v) is 13.2. The van der Waals surface area contributed by atoms with Gasteiger partial charge in [0, 0.05) is 33.8 Å². The first-order chi connectivity index (χ1) is 15.9. The molecule has 0 bridgehead atoms. The fraction of sp³-hybridized carbons (Fsp3) is 0.231. The van der Waals surface area contributed by atoms with Gasteiger partial charge in [-0.3, -0.25) is 0 Å². The molecule has 0 amide bonds. The normalized spacial score (nSPS) is 21.3. The van der Waals surface area contributed by atoms with Crippen LogP contribution in [-0.2, 0) is 16.4 Å². The van der Waals surface area contributed by atoms with Gasteiger partial charge >= 0.3 is 0 Å². The molecule has 170 valence electrons. The maximum absolute atomic E-state index is 13.0. The highest BCUT2D eigenvalue weighted by molar-refractivity contribution is 7.89. The van der Waals surface area contributed by atoms with E-state index in [0.29, 0.717) is 23.0 Å². The van der Waals surface area contributed by atoms with Gasteiger partial charge in [0.05, 0.1) is 10.9 Å². The van der Waals surface area contributed by atoms with Crippen LogP contribution in [0.4, 0.5) is 5.69 Å². The number of halogens is 2. The zero-order valence-electron chi connectivity index (χ0n) is 17.8. The van der Waals surface area contributed by atoms with Gasteiger partial charge in [0.1, 0.15) is 0 Å². The van der Waals surface area contributed by atoms with Crippen molar-refractivity contribution in [1.29, 1.82) is 0 Å². The number of rotatable bonds is 6. The lowest BCUT2D eigenvalue weighted by Gasteiger charge is -2.38. The standard InChI is InChI=1S/C26H24Cl2N2O2S/c27-22-10-5-11-23(28)25(22)26-20-9-4-8-19(20)21-16-18(12-13-24(21)30-26)33(31,32)29-15-14-17-6-2-1-3-7-17/h1-8,10-13,16,19-20,26,29-30H,9,14-15H2. The molecule has 1 heterocycles. The lowest BCUT2D eigenvalue weighted by atomic mass is 9.77. The molecule has 0 radical (unpaired) electrons. The lowest BCUT2D eigenvalue weighted by Crippen LogP contribution is -2.30. The molecule has 4 nitrogen and oxygen atoms in total. The highest BCUT2D eigenvalue weighted by Crippen LogP contribution is 2.52. The van der Waals surface area contributed by atoms with E-state index in [1.165, 1.54) is 0 Å². The van der Waals surface area contributed by atoms with Gasteiger partial charge in [-0.15, -0.1) is 0 Å². The monoisotopic (exact) mass is 498 g/mol. The van der Waals surface area contributed by atoms with E-state index in [1.54, 1.807) is 12.1 Å². The van der Waals surface area contributed by atoms with E-state index >= 15 is 0 Å². The van der Waals surface area contributed by atoms with Gasteiger partial charge in [0.2, 0.25) is 10.0 Å². The van der Waals surface area contributed by atoms with E-state index in [2.05, 4.69) is 22.2 Å². The maximum Gasteiger partial charge on any atom is 0.240 e. The summed E-state index contributed by atoms with van der Waals surface area (Å²) in [5.41, 5.74) is 3.88. The van der Waals surface area contributed by atoms with Crippen LogP contribution in [-0.4, -0.2) is 15.0 Å². The summed E-state index contributed by atoms with van der Waals surface area (Å²) in [5.74, 6) is 0.303. The Bertz CT molecular complexity index is 1290. The van der Waals surface area contributed by atoms with Crippen molar-refractivity contribution in [1.82, 2.24) is 4.72 Å². The molecule has 5 rings (SSSR count). The highest BCUT2D eigenvalue weighted by atomic mass is 35.5. The molecular formula is C26H24Cl2N2O2S. The molecule has 0 fully saturated rings. The van der Waals surface area contributed by atoms with Gasteiger partial charge in [-0.05, 0) is 60.2 Å².